The third-order valence-corrected chi connectivity index (χ3v) is 3.50. The highest BCUT2D eigenvalue weighted by molar-refractivity contribution is 6.08. The molecule has 0 amide bonds. The van der Waals surface area contributed by atoms with E-state index in [1.54, 1.807) is 48.6 Å². The van der Waals surface area contributed by atoms with E-state index >= 15 is 0 Å². The van der Waals surface area contributed by atoms with Gasteiger partial charge in [-0.05, 0) is 37.6 Å². The number of unbranched alkanes of at least 4 members (excludes halogenated alkanes) is 1. The Bertz CT molecular complexity index is 654. The Morgan fingerprint density at radius 2 is 1.70 bits per heavy atom. The molecule has 0 radical (unpaired) electrons. The van der Waals surface area contributed by atoms with Gasteiger partial charge in [0.1, 0.15) is 18.5 Å². The Kier molecular flexibility index (Phi) is 13.3. The molecule has 2 aromatic carbocycles. The quantitative estimate of drug-likeness (QED) is 0.545. The number of aliphatic hydroxyl groups is 2. The van der Waals surface area contributed by atoms with Gasteiger partial charge in [-0.1, -0.05) is 55.8 Å². The second-order valence-corrected chi connectivity index (χ2v) is 5.70. The van der Waals surface area contributed by atoms with Gasteiger partial charge in [-0.3, -0.25) is 4.79 Å². The van der Waals surface area contributed by atoms with E-state index in [9.17, 15) is 9.90 Å². The van der Waals surface area contributed by atoms with Gasteiger partial charge in [0.2, 0.25) is 0 Å². The Labute approximate surface area is 162 Å². The minimum atomic E-state index is -0.624. The summed E-state index contributed by atoms with van der Waals surface area (Å²) in [6.45, 7) is 4.43. The first-order valence-electron chi connectivity index (χ1n) is 8.86. The van der Waals surface area contributed by atoms with E-state index in [1.165, 1.54) is 0 Å². The van der Waals surface area contributed by atoms with E-state index in [0.717, 1.165) is 12.8 Å². The van der Waals surface area contributed by atoms with Crippen LogP contribution in [0.3, 0.4) is 0 Å². The van der Waals surface area contributed by atoms with Gasteiger partial charge in [-0.15, -0.1) is 0 Å². The fourth-order valence-corrected chi connectivity index (χ4v) is 2.08. The van der Waals surface area contributed by atoms with Crippen LogP contribution in [0.15, 0.2) is 66.7 Å². The van der Waals surface area contributed by atoms with Crippen LogP contribution < -0.4 is 4.74 Å². The molecule has 4 N–H and O–H groups in total. The molecule has 2 aromatic rings. The monoisotopic (exact) mass is 376 g/mol. The summed E-state index contributed by atoms with van der Waals surface area (Å²) in [7, 11) is 0. The fourth-order valence-electron chi connectivity index (χ4n) is 2.08. The van der Waals surface area contributed by atoms with Crippen LogP contribution in [0.1, 0.15) is 44.0 Å². The Morgan fingerprint density at radius 1 is 1.11 bits per heavy atom. The molecule has 2 rings (SSSR count). The number of ether oxygens (including phenoxy) is 1. The zero-order chi connectivity index (χ0) is 19.2. The Balaban J connectivity index is 0. The van der Waals surface area contributed by atoms with Crippen molar-refractivity contribution in [2.75, 3.05) is 13.2 Å². The Morgan fingerprint density at radius 3 is 2.19 bits per heavy atom. The molecule has 0 aliphatic rings. The third kappa shape index (κ3) is 9.70. The molecular weight excluding hydrogens is 344 g/mol. The van der Waals surface area contributed by atoms with Crippen LogP contribution in [-0.2, 0) is 0 Å². The molecular formula is C22H32O5. The molecule has 0 aromatic heterocycles. The van der Waals surface area contributed by atoms with Crippen molar-refractivity contribution in [2.45, 2.75) is 32.8 Å². The standard InChI is InChI=1S/C18H18O3.C4H10O.H2O.H2/c1-2-6-16(19)13-21-17-11-9-15(10-12-17)18(20)14-7-4-3-5-8-14;1-2-3-4-5;;/h2-12,16,19H,13H2,1H3;5H,2-4H2,1H3;1H2;1H/b6-2-;;;. The predicted molar refractivity (Wildman–Crippen MR) is 110 cm³/mol. The number of allylic oxidation sites excluding steroid dienone is 1. The number of carbonyl (C=O) groups excluding carboxylic acids is 1. The van der Waals surface area contributed by atoms with E-state index in [1.807, 2.05) is 25.1 Å². The maximum Gasteiger partial charge on any atom is 0.193 e. The second kappa shape index (κ2) is 14.7. The molecule has 0 aliphatic heterocycles. The minimum absolute atomic E-state index is 0. The highest BCUT2D eigenvalue weighted by atomic mass is 16.5. The van der Waals surface area contributed by atoms with Crippen LogP contribution >= 0.6 is 0 Å². The molecule has 5 nitrogen and oxygen atoms in total. The van der Waals surface area contributed by atoms with Gasteiger partial charge in [0.25, 0.3) is 0 Å². The number of rotatable bonds is 8. The summed E-state index contributed by atoms with van der Waals surface area (Å²) in [5.74, 6) is 0.610. The summed E-state index contributed by atoms with van der Waals surface area (Å²) in [5, 5.41) is 17.6. The fraction of sp³-hybridized carbons (Fsp3) is 0.318. The lowest BCUT2D eigenvalue weighted by Crippen LogP contribution is -2.14. The normalized spacial score (nSPS) is 11.1. The summed E-state index contributed by atoms with van der Waals surface area (Å²) in [5.41, 5.74) is 1.28. The summed E-state index contributed by atoms with van der Waals surface area (Å²) in [4.78, 5) is 12.2. The van der Waals surface area contributed by atoms with Crippen LogP contribution in [0.2, 0.25) is 0 Å². The van der Waals surface area contributed by atoms with E-state index in [-0.39, 0.29) is 19.3 Å². The highest BCUT2D eigenvalue weighted by Crippen LogP contribution is 2.15. The van der Waals surface area contributed by atoms with Crippen molar-refractivity contribution in [2.24, 2.45) is 0 Å². The molecule has 0 saturated heterocycles. The van der Waals surface area contributed by atoms with Crippen molar-refractivity contribution in [1.29, 1.82) is 0 Å². The van der Waals surface area contributed by atoms with Crippen molar-refractivity contribution in [3.63, 3.8) is 0 Å². The van der Waals surface area contributed by atoms with Crippen LogP contribution in [-0.4, -0.2) is 40.8 Å². The average Bonchev–Trinajstić information content (AvgIpc) is 2.68. The van der Waals surface area contributed by atoms with Gasteiger partial charge in [0.05, 0.1) is 0 Å². The van der Waals surface area contributed by atoms with Crippen LogP contribution in [0.25, 0.3) is 0 Å². The predicted octanol–water partition coefficient (Wildman–Crippen LogP) is 3.43. The topological polar surface area (TPSA) is 98.3 Å². The molecule has 0 fully saturated rings. The van der Waals surface area contributed by atoms with E-state index in [0.29, 0.717) is 23.5 Å². The highest BCUT2D eigenvalue weighted by Gasteiger charge is 2.08. The summed E-state index contributed by atoms with van der Waals surface area (Å²) < 4.78 is 5.45. The van der Waals surface area contributed by atoms with Crippen LogP contribution in [0.4, 0.5) is 0 Å². The number of benzene rings is 2. The van der Waals surface area contributed by atoms with Gasteiger partial charge in [0, 0.05) is 19.2 Å². The molecule has 0 spiro atoms. The molecule has 150 valence electrons. The van der Waals surface area contributed by atoms with Gasteiger partial charge in [-0.25, -0.2) is 0 Å². The number of hydrogen-bond acceptors (Lipinski definition) is 4. The molecule has 1 unspecified atom stereocenters. The molecule has 27 heavy (non-hydrogen) atoms. The number of hydrogen-bond donors (Lipinski definition) is 2. The first-order chi connectivity index (χ1) is 12.6. The first kappa shape index (κ1) is 24.5. The lowest BCUT2D eigenvalue weighted by molar-refractivity contribution is 0.103. The van der Waals surface area contributed by atoms with Gasteiger partial charge in [-0.2, -0.15) is 0 Å². The average molecular weight is 376 g/mol. The lowest BCUT2D eigenvalue weighted by atomic mass is 10.0. The van der Waals surface area contributed by atoms with Crippen molar-refractivity contribution < 1.29 is 26.6 Å². The van der Waals surface area contributed by atoms with Crippen molar-refractivity contribution in [3.05, 3.63) is 77.9 Å². The lowest BCUT2D eigenvalue weighted by Gasteiger charge is -2.09. The zero-order valence-corrected chi connectivity index (χ0v) is 16.0. The van der Waals surface area contributed by atoms with Crippen molar-refractivity contribution in [1.82, 2.24) is 0 Å². The summed E-state index contributed by atoms with van der Waals surface area (Å²) >= 11 is 0. The molecule has 1 atom stereocenters. The molecule has 0 aliphatic carbocycles. The van der Waals surface area contributed by atoms with E-state index < -0.39 is 6.10 Å². The van der Waals surface area contributed by atoms with Crippen LogP contribution in [0.5, 0.6) is 5.75 Å². The SMILES string of the molecule is C/C=C\C(O)COc1ccc(C(=O)c2ccccc2)cc1.CCCCO.O.[HH]. The molecule has 0 saturated carbocycles. The summed E-state index contributed by atoms with van der Waals surface area (Å²) in [6.07, 6.45) is 4.85. The summed E-state index contributed by atoms with van der Waals surface area (Å²) in [6, 6.07) is 16.1. The zero-order valence-electron chi connectivity index (χ0n) is 16.0. The smallest absolute Gasteiger partial charge is 0.193 e. The van der Waals surface area contributed by atoms with Crippen LogP contribution in [0, 0.1) is 0 Å². The van der Waals surface area contributed by atoms with Crippen molar-refractivity contribution in [3.8, 4) is 5.75 Å². The molecule has 0 heterocycles. The van der Waals surface area contributed by atoms with Gasteiger partial charge in [0.15, 0.2) is 5.78 Å². The van der Waals surface area contributed by atoms with Gasteiger partial charge < -0.3 is 20.4 Å². The van der Waals surface area contributed by atoms with Crippen molar-refractivity contribution >= 4 is 5.78 Å². The first-order valence-corrected chi connectivity index (χ1v) is 8.86. The van der Waals surface area contributed by atoms with Gasteiger partial charge >= 0.3 is 0 Å². The number of carbonyl (C=O) groups is 1. The minimum Gasteiger partial charge on any atom is -0.491 e. The largest absolute Gasteiger partial charge is 0.491 e. The maximum absolute atomic E-state index is 12.2. The van der Waals surface area contributed by atoms with E-state index in [4.69, 9.17) is 9.84 Å². The Hall–Kier alpha value is -2.47. The number of ketones is 1. The molecule has 0 bridgehead atoms. The third-order valence-electron chi connectivity index (χ3n) is 3.50. The maximum atomic E-state index is 12.2. The van der Waals surface area contributed by atoms with E-state index in [2.05, 4.69) is 6.92 Å². The number of aliphatic hydroxyl groups excluding tert-OH is 2. The molecule has 5 heteroatoms. The second-order valence-electron chi connectivity index (χ2n) is 5.70.